The fourth-order valence-corrected chi connectivity index (χ4v) is 3.74. The maximum atomic E-state index is 5.98. The molecule has 0 aromatic carbocycles. The highest BCUT2D eigenvalue weighted by Crippen LogP contribution is 2.38. The summed E-state index contributed by atoms with van der Waals surface area (Å²) >= 11 is 4.80. The molecule has 0 aliphatic heterocycles. The Morgan fingerprint density at radius 1 is 1.53 bits per heavy atom. The van der Waals surface area contributed by atoms with Gasteiger partial charge in [0.05, 0.1) is 5.25 Å². The van der Waals surface area contributed by atoms with Crippen LogP contribution >= 0.6 is 34.6 Å². The van der Waals surface area contributed by atoms with E-state index in [-0.39, 0.29) is 11.3 Å². The third-order valence-corrected chi connectivity index (χ3v) is 4.86. The van der Waals surface area contributed by atoms with Crippen molar-refractivity contribution in [1.29, 1.82) is 0 Å². The lowest BCUT2D eigenvalue weighted by Crippen LogP contribution is -2.22. The van der Waals surface area contributed by atoms with Crippen LogP contribution in [0.4, 0.5) is 0 Å². The molecule has 0 aliphatic rings. The summed E-state index contributed by atoms with van der Waals surface area (Å²) in [6.07, 6.45) is 1.58. The lowest BCUT2D eigenvalue weighted by molar-refractivity contribution is 0.723. The van der Waals surface area contributed by atoms with Crippen LogP contribution in [0.5, 0.6) is 0 Å². The molecule has 0 bridgehead atoms. The van der Waals surface area contributed by atoms with Crippen LogP contribution in [0.1, 0.15) is 17.7 Å². The lowest BCUT2D eigenvalue weighted by Gasteiger charge is -2.17. The van der Waals surface area contributed by atoms with Crippen LogP contribution < -0.4 is 5.73 Å². The van der Waals surface area contributed by atoms with Gasteiger partial charge in [0.25, 0.3) is 0 Å². The third kappa shape index (κ3) is 2.78. The summed E-state index contributed by atoms with van der Waals surface area (Å²) in [7, 11) is 0. The van der Waals surface area contributed by atoms with Crippen molar-refractivity contribution in [3.63, 3.8) is 0 Å². The molecular formula is C9H11N3S3. The second kappa shape index (κ2) is 5.07. The largest absolute Gasteiger partial charge is 0.327 e. The molecular weight excluding hydrogens is 246 g/mol. The predicted octanol–water partition coefficient (Wildman–Crippen LogP) is 2.78. The number of rotatable bonds is 4. The van der Waals surface area contributed by atoms with E-state index in [0.29, 0.717) is 0 Å². The molecule has 0 fully saturated rings. The van der Waals surface area contributed by atoms with Crippen LogP contribution in [0.3, 0.4) is 0 Å². The number of thiophene rings is 1. The number of hydrogen-bond donors (Lipinski definition) is 1. The molecule has 2 rings (SSSR count). The van der Waals surface area contributed by atoms with Crippen LogP contribution in [-0.4, -0.2) is 15.4 Å². The van der Waals surface area contributed by atoms with E-state index in [1.165, 1.54) is 17.1 Å². The molecule has 0 spiro atoms. The predicted molar refractivity (Wildman–Crippen MR) is 66.5 cm³/mol. The molecule has 0 amide bonds. The van der Waals surface area contributed by atoms with E-state index >= 15 is 0 Å². The summed E-state index contributed by atoms with van der Waals surface area (Å²) in [5, 5.41) is 4.48. The quantitative estimate of drug-likeness (QED) is 0.856. The van der Waals surface area contributed by atoms with Crippen LogP contribution in [0.25, 0.3) is 0 Å². The number of nitrogens with two attached hydrogens (primary N) is 1. The molecule has 0 radical (unpaired) electrons. The average Bonchev–Trinajstić information content (AvgIpc) is 2.87. The highest BCUT2D eigenvalue weighted by atomic mass is 32.2. The van der Waals surface area contributed by atoms with E-state index in [2.05, 4.69) is 26.2 Å². The van der Waals surface area contributed by atoms with Gasteiger partial charge in [-0.1, -0.05) is 11.8 Å². The van der Waals surface area contributed by atoms with E-state index < -0.39 is 0 Å². The molecule has 2 heterocycles. The Labute approximate surface area is 101 Å². The molecule has 2 unspecified atom stereocenters. The molecule has 0 saturated carbocycles. The van der Waals surface area contributed by atoms with E-state index in [9.17, 15) is 0 Å². The van der Waals surface area contributed by atoms with Crippen molar-refractivity contribution in [2.24, 2.45) is 5.73 Å². The SMILES string of the molecule is CC(N)C(Sc1ncns1)c1ccsc1. The molecule has 2 N–H and O–H groups in total. The Balaban J connectivity index is 2.14. The van der Waals surface area contributed by atoms with E-state index in [4.69, 9.17) is 5.73 Å². The zero-order valence-corrected chi connectivity index (χ0v) is 10.6. The van der Waals surface area contributed by atoms with Gasteiger partial charge in [-0.05, 0) is 40.8 Å². The van der Waals surface area contributed by atoms with Gasteiger partial charge in [0.1, 0.15) is 6.33 Å². The maximum absolute atomic E-state index is 5.98. The van der Waals surface area contributed by atoms with E-state index in [1.807, 2.05) is 6.92 Å². The smallest absolute Gasteiger partial charge is 0.170 e. The first-order valence-electron chi connectivity index (χ1n) is 4.48. The van der Waals surface area contributed by atoms with Crippen LogP contribution in [0.15, 0.2) is 27.5 Å². The summed E-state index contributed by atoms with van der Waals surface area (Å²) in [6, 6.07) is 2.22. The van der Waals surface area contributed by atoms with Crippen molar-refractivity contribution >= 4 is 34.6 Å². The summed E-state index contributed by atoms with van der Waals surface area (Å²) < 4.78 is 4.96. The van der Waals surface area contributed by atoms with Crippen molar-refractivity contribution in [3.8, 4) is 0 Å². The van der Waals surface area contributed by atoms with Gasteiger partial charge >= 0.3 is 0 Å². The summed E-state index contributed by atoms with van der Waals surface area (Å²) in [4.78, 5) is 4.17. The fraction of sp³-hybridized carbons (Fsp3) is 0.333. The van der Waals surface area contributed by atoms with E-state index in [1.54, 1.807) is 29.4 Å². The molecule has 80 valence electrons. The topological polar surface area (TPSA) is 51.8 Å². The van der Waals surface area contributed by atoms with E-state index in [0.717, 1.165) is 4.34 Å². The number of aromatic nitrogens is 2. The maximum Gasteiger partial charge on any atom is 0.170 e. The summed E-state index contributed by atoms with van der Waals surface area (Å²) in [5.41, 5.74) is 7.26. The van der Waals surface area contributed by atoms with Crippen LogP contribution in [0, 0.1) is 0 Å². The minimum absolute atomic E-state index is 0.105. The molecule has 6 heteroatoms. The zero-order valence-electron chi connectivity index (χ0n) is 8.16. The first-order chi connectivity index (χ1) is 7.27. The molecule has 2 aromatic heterocycles. The van der Waals surface area contributed by atoms with Gasteiger partial charge in [-0.2, -0.15) is 15.7 Å². The molecule has 2 aromatic rings. The van der Waals surface area contributed by atoms with Crippen LogP contribution in [0.2, 0.25) is 0 Å². The number of hydrogen-bond acceptors (Lipinski definition) is 6. The van der Waals surface area contributed by atoms with Crippen molar-refractivity contribution in [3.05, 3.63) is 28.7 Å². The normalized spacial score (nSPS) is 15.1. The van der Waals surface area contributed by atoms with Gasteiger partial charge in [-0.15, -0.1) is 0 Å². The monoisotopic (exact) mass is 257 g/mol. The Bertz CT molecular complexity index is 383. The van der Waals surface area contributed by atoms with Crippen LogP contribution in [-0.2, 0) is 0 Å². The van der Waals surface area contributed by atoms with Gasteiger partial charge in [-0.25, -0.2) is 4.98 Å². The van der Waals surface area contributed by atoms with Gasteiger partial charge in [0.15, 0.2) is 4.34 Å². The first kappa shape index (κ1) is 11.1. The van der Waals surface area contributed by atoms with Gasteiger partial charge in [0.2, 0.25) is 0 Å². The standard InChI is InChI=1S/C9H11N3S3/c1-6(10)8(7-2-3-13-4-7)14-9-11-5-12-15-9/h2-6,8H,10H2,1H3. The Kier molecular flexibility index (Phi) is 3.74. The number of thioether (sulfide) groups is 1. The van der Waals surface area contributed by atoms with Crippen molar-refractivity contribution in [1.82, 2.24) is 9.36 Å². The Morgan fingerprint density at radius 3 is 2.93 bits per heavy atom. The zero-order chi connectivity index (χ0) is 10.7. The molecule has 2 atom stereocenters. The highest BCUT2D eigenvalue weighted by molar-refractivity contribution is 8.01. The first-order valence-corrected chi connectivity index (χ1v) is 7.08. The van der Waals surface area contributed by atoms with Gasteiger partial charge in [-0.3, -0.25) is 0 Å². The highest BCUT2D eigenvalue weighted by Gasteiger charge is 2.19. The molecule has 3 nitrogen and oxygen atoms in total. The average molecular weight is 257 g/mol. The Morgan fingerprint density at radius 2 is 2.40 bits per heavy atom. The van der Waals surface area contributed by atoms with Crippen molar-refractivity contribution in [2.75, 3.05) is 0 Å². The second-order valence-electron chi connectivity index (χ2n) is 3.16. The minimum atomic E-state index is 0.105. The molecule has 0 saturated heterocycles. The van der Waals surface area contributed by atoms with Crippen molar-refractivity contribution in [2.45, 2.75) is 22.6 Å². The minimum Gasteiger partial charge on any atom is -0.327 e. The summed E-state index contributed by atoms with van der Waals surface area (Å²) in [5.74, 6) is 0. The Hall–Kier alpha value is -0.430. The number of nitrogens with zero attached hydrogens (tertiary/aromatic N) is 2. The molecule has 0 aliphatic carbocycles. The third-order valence-electron chi connectivity index (χ3n) is 1.92. The molecule has 15 heavy (non-hydrogen) atoms. The fourth-order valence-electron chi connectivity index (χ4n) is 1.24. The van der Waals surface area contributed by atoms with Gasteiger partial charge < -0.3 is 5.73 Å². The lowest BCUT2D eigenvalue weighted by atomic mass is 10.1. The van der Waals surface area contributed by atoms with Gasteiger partial charge in [0, 0.05) is 6.04 Å². The second-order valence-corrected chi connectivity index (χ2v) is 6.11. The summed E-state index contributed by atoms with van der Waals surface area (Å²) in [6.45, 7) is 2.02. The van der Waals surface area contributed by atoms with Crippen molar-refractivity contribution < 1.29 is 0 Å².